The number of esters is 1. The molecule has 7 heteroatoms. The third-order valence-electron chi connectivity index (χ3n) is 4.12. The van der Waals surface area contributed by atoms with E-state index in [2.05, 4.69) is 5.10 Å². The number of carbonyl (C=O) groups is 1. The van der Waals surface area contributed by atoms with Crippen molar-refractivity contribution in [3.63, 3.8) is 0 Å². The second kappa shape index (κ2) is 7.92. The van der Waals surface area contributed by atoms with Crippen molar-refractivity contribution in [3.8, 4) is 11.3 Å². The number of halogens is 1. The summed E-state index contributed by atoms with van der Waals surface area (Å²) in [6.45, 7) is 0.204. The molecular weight excluding hydrogens is 349 g/mol. The molecule has 27 heavy (non-hydrogen) atoms. The predicted octanol–water partition coefficient (Wildman–Crippen LogP) is 2.34. The Kier molecular flexibility index (Phi) is 5.42. The van der Waals surface area contributed by atoms with Gasteiger partial charge < -0.3 is 10.5 Å². The van der Waals surface area contributed by atoms with Crippen LogP contribution in [0.15, 0.2) is 59.4 Å². The zero-order chi connectivity index (χ0) is 19.4. The van der Waals surface area contributed by atoms with Crippen molar-refractivity contribution in [1.29, 1.82) is 0 Å². The molecule has 2 N–H and O–H groups in total. The van der Waals surface area contributed by atoms with Crippen LogP contribution in [0, 0.1) is 5.82 Å². The lowest BCUT2D eigenvalue weighted by Crippen LogP contribution is -2.30. The van der Waals surface area contributed by atoms with Crippen LogP contribution in [0.3, 0.4) is 0 Å². The molecule has 1 heterocycles. The second-order valence-corrected chi connectivity index (χ2v) is 5.89. The van der Waals surface area contributed by atoms with Gasteiger partial charge in [0.15, 0.2) is 0 Å². The van der Waals surface area contributed by atoms with Gasteiger partial charge in [-0.05, 0) is 29.8 Å². The number of carbonyl (C=O) groups excluding carboxylic acids is 1. The summed E-state index contributed by atoms with van der Waals surface area (Å²) in [5.74, 6) is -1.18. The van der Waals surface area contributed by atoms with Crippen molar-refractivity contribution in [1.82, 2.24) is 9.78 Å². The molecule has 6 nitrogen and oxygen atoms in total. The molecular formula is C20H18FN3O3. The fraction of sp³-hybridized carbons (Fsp3) is 0.150. The lowest BCUT2D eigenvalue weighted by Gasteiger charge is -2.11. The lowest BCUT2D eigenvalue weighted by atomic mass is 10.1. The van der Waals surface area contributed by atoms with Gasteiger partial charge in [0.05, 0.1) is 19.3 Å². The summed E-state index contributed by atoms with van der Waals surface area (Å²) in [7, 11) is 1.20. The Morgan fingerprint density at radius 2 is 1.93 bits per heavy atom. The molecule has 0 bridgehead atoms. The van der Waals surface area contributed by atoms with E-state index < -0.39 is 17.3 Å². The van der Waals surface area contributed by atoms with Crippen molar-refractivity contribution in [2.45, 2.75) is 13.1 Å². The fourth-order valence-corrected chi connectivity index (χ4v) is 2.69. The van der Waals surface area contributed by atoms with Crippen molar-refractivity contribution in [3.05, 3.63) is 87.5 Å². The standard InChI is InChI=1S/C20H18FN3O3/c1-27-20(26)16-10-18(14-7-8-17(21)15(9-14)11-22)23-24(19(16)25)12-13-5-3-2-4-6-13/h2-10H,11-12,22H2,1H3. The van der Waals surface area contributed by atoms with Gasteiger partial charge in [-0.1, -0.05) is 30.3 Å². The normalized spacial score (nSPS) is 10.6. The van der Waals surface area contributed by atoms with Crippen molar-refractivity contribution in [2.24, 2.45) is 5.73 Å². The summed E-state index contributed by atoms with van der Waals surface area (Å²) in [6, 6.07) is 15.0. The Morgan fingerprint density at radius 3 is 2.59 bits per heavy atom. The molecule has 0 fully saturated rings. The highest BCUT2D eigenvalue weighted by atomic mass is 19.1. The topological polar surface area (TPSA) is 87.2 Å². The highest BCUT2D eigenvalue weighted by Gasteiger charge is 2.17. The number of nitrogens with zero attached hydrogens (tertiary/aromatic N) is 2. The molecule has 0 aliphatic heterocycles. The Balaban J connectivity index is 2.15. The molecule has 0 radical (unpaired) electrons. The van der Waals surface area contributed by atoms with E-state index in [4.69, 9.17) is 10.5 Å². The molecule has 0 atom stereocenters. The molecule has 0 aliphatic rings. The number of aromatic nitrogens is 2. The van der Waals surface area contributed by atoms with Crippen LogP contribution in [0.25, 0.3) is 11.3 Å². The maximum absolute atomic E-state index is 13.7. The number of hydrogen-bond acceptors (Lipinski definition) is 5. The van der Waals surface area contributed by atoms with Crippen LogP contribution in [0.1, 0.15) is 21.5 Å². The van der Waals surface area contributed by atoms with Gasteiger partial charge in [-0.3, -0.25) is 4.79 Å². The van der Waals surface area contributed by atoms with E-state index in [0.29, 0.717) is 16.8 Å². The molecule has 0 unspecified atom stereocenters. The molecule has 2 aromatic carbocycles. The highest BCUT2D eigenvalue weighted by molar-refractivity contribution is 5.90. The Bertz CT molecular complexity index is 1030. The van der Waals surface area contributed by atoms with E-state index in [-0.39, 0.29) is 18.7 Å². The summed E-state index contributed by atoms with van der Waals surface area (Å²) in [5, 5.41) is 4.35. The average molecular weight is 367 g/mol. The first-order valence-electron chi connectivity index (χ1n) is 8.26. The number of nitrogens with two attached hydrogens (primary N) is 1. The maximum Gasteiger partial charge on any atom is 0.343 e. The number of rotatable bonds is 5. The first-order valence-corrected chi connectivity index (χ1v) is 8.26. The first kappa shape index (κ1) is 18.5. The fourth-order valence-electron chi connectivity index (χ4n) is 2.69. The predicted molar refractivity (Wildman–Crippen MR) is 98.7 cm³/mol. The van der Waals surface area contributed by atoms with Gasteiger partial charge >= 0.3 is 5.97 Å². The quantitative estimate of drug-likeness (QED) is 0.700. The zero-order valence-electron chi connectivity index (χ0n) is 14.7. The van der Waals surface area contributed by atoms with Crippen molar-refractivity contribution in [2.75, 3.05) is 7.11 Å². The molecule has 0 aliphatic carbocycles. The molecule has 0 spiro atoms. The SMILES string of the molecule is COC(=O)c1cc(-c2ccc(F)c(CN)c2)nn(Cc2ccccc2)c1=O. The zero-order valence-corrected chi connectivity index (χ0v) is 14.7. The molecule has 3 aromatic rings. The number of methoxy groups -OCH3 is 1. The van der Waals surface area contributed by atoms with Crippen molar-refractivity contribution >= 4 is 5.97 Å². The number of benzene rings is 2. The second-order valence-electron chi connectivity index (χ2n) is 5.89. The summed E-state index contributed by atoms with van der Waals surface area (Å²) >= 11 is 0. The largest absolute Gasteiger partial charge is 0.465 e. The lowest BCUT2D eigenvalue weighted by molar-refractivity contribution is 0.0597. The minimum atomic E-state index is -0.758. The van der Waals surface area contributed by atoms with Gasteiger partial charge in [0.1, 0.15) is 11.4 Å². The minimum Gasteiger partial charge on any atom is -0.465 e. The van der Waals surface area contributed by atoms with E-state index in [0.717, 1.165) is 5.56 Å². The number of ether oxygens (including phenoxy) is 1. The molecule has 1 aromatic heterocycles. The third-order valence-corrected chi connectivity index (χ3v) is 4.12. The molecule has 0 amide bonds. The van der Waals surface area contributed by atoms with Crippen LogP contribution in [0.5, 0.6) is 0 Å². The first-order chi connectivity index (χ1) is 13.0. The Morgan fingerprint density at radius 1 is 1.19 bits per heavy atom. The van der Waals surface area contributed by atoms with Gasteiger partial charge in [0, 0.05) is 17.7 Å². The molecule has 138 valence electrons. The summed E-state index contributed by atoms with van der Waals surface area (Å²) in [4.78, 5) is 24.7. The summed E-state index contributed by atoms with van der Waals surface area (Å²) in [5.41, 5.74) is 6.92. The van der Waals surface area contributed by atoms with Crippen LogP contribution in [0.2, 0.25) is 0 Å². The maximum atomic E-state index is 13.7. The minimum absolute atomic E-state index is 0.0210. The van der Waals surface area contributed by atoms with Gasteiger partial charge in [0.2, 0.25) is 0 Å². The van der Waals surface area contributed by atoms with E-state index >= 15 is 0 Å². The van der Waals surface area contributed by atoms with Crippen molar-refractivity contribution < 1.29 is 13.9 Å². The van der Waals surface area contributed by atoms with Crippen LogP contribution in [0.4, 0.5) is 4.39 Å². The van der Waals surface area contributed by atoms with E-state index in [9.17, 15) is 14.0 Å². The summed E-state index contributed by atoms with van der Waals surface area (Å²) in [6.07, 6.45) is 0. The van der Waals surface area contributed by atoms with Crippen LogP contribution < -0.4 is 11.3 Å². The van der Waals surface area contributed by atoms with Gasteiger partial charge in [-0.15, -0.1) is 0 Å². The molecule has 3 rings (SSSR count). The molecule has 0 saturated carbocycles. The third kappa shape index (κ3) is 3.93. The highest BCUT2D eigenvalue weighted by Crippen LogP contribution is 2.20. The molecule has 0 saturated heterocycles. The van der Waals surface area contributed by atoms with Crippen LogP contribution in [-0.4, -0.2) is 22.9 Å². The van der Waals surface area contributed by atoms with E-state index in [1.165, 1.54) is 30.0 Å². The smallest absolute Gasteiger partial charge is 0.343 e. The van der Waals surface area contributed by atoms with Gasteiger partial charge in [0.25, 0.3) is 5.56 Å². The van der Waals surface area contributed by atoms with Crippen LogP contribution >= 0.6 is 0 Å². The summed E-state index contributed by atoms with van der Waals surface area (Å²) < 4.78 is 19.7. The Labute approximate surface area is 155 Å². The van der Waals surface area contributed by atoms with E-state index in [1.807, 2.05) is 30.3 Å². The van der Waals surface area contributed by atoms with Gasteiger partial charge in [-0.2, -0.15) is 5.10 Å². The van der Waals surface area contributed by atoms with E-state index in [1.54, 1.807) is 6.07 Å². The Hall–Kier alpha value is -3.32. The van der Waals surface area contributed by atoms with Crippen LogP contribution in [-0.2, 0) is 17.8 Å². The number of hydrogen-bond donors (Lipinski definition) is 1. The average Bonchev–Trinajstić information content (AvgIpc) is 2.70. The monoisotopic (exact) mass is 367 g/mol. The van der Waals surface area contributed by atoms with Gasteiger partial charge in [-0.25, -0.2) is 13.9 Å².